The summed E-state index contributed by atoms with van der Waals surface area (Å²) < 4.78 is 0. The molecule has 0 saturated heterocycles. The van der Waals surface area contributed by atoms with Gasteiger partial charge in [0.1, 0.15) is 6.23 Å². The van der Waals surface area contributed by atoms with Crippen LogP contribution in [-0.2, 0) is 0 Å². The summed E-state index contributed by atoms with van der Waals surface area (Å²) in [5.41, 5.74) is 6.73. The van der Waals surface area contributed by atoms with Crippen molar-refractivity contribution in [2.45, 2.75) is 27.0 Å². The Kier molecular flexibility index (Phi) is 1.70. The SMILES string of the molecule is CC(C)(C)C1=CC(O)NN1. The maximum atomic E-state index is 9.01. The van der Waals surface area contributed by atoms with E-state index in [1.54, 1.807) is 6.08 Å². The molecule has 0 aromatic heterocycles. The normalized spacial score (nSPS) is 26.0. The number of hydrogen-bond donors (Lipinski definition) is 3. The van der Waals surface area contributed by atoms with E-state index in [1.807, 2.05) is 0 Å². The van der Waals surface area contributed by atoms with Gasteiger partial charge in [0.2, 0.25) is 0 Å². The third kappa shape index (κ3) is 1.49. The molecule has 1 rings (SSSR count). The van der Waals surface area contributed by atoms with Gasteiger partial charge < -0.3 is 10.5 Å². The Hall–Kier alpha value is -0.540. The van der Waals surface area contributed by atoms with Crippen molar-refractivity contribution >= 4 is 0 Å². The van der Waals surface area contributed by atoms with Gasteiger partial charge in [-0.25, -0.2) is 5.43 Å². The van der Waals surface area contributed by atoms with E-state index < -0.39 is 6.23 Å². The minimum Gasteiger partial charge on any atom is -0.373 e. The van der Waals surface area contributed by atoms with Crippen LogP contribution in [0.3, 0.4) is 0 Å². The summed E-state index contributed by atoms with van der Waals surface area (Å²) in [6.45, 7) is 6.27. The van der Waals surface area contributed by atoms with Gasteiger partial charge in [0.15, 0.2) is 0 Å². The first kappa shape index (κ1) is 7.57. The first-order valence-electron chi connectivity index (χ1n) is 3.42. The Balaban J connectivity index is 2.67. The standard InChI is InChI=1S/C7H14N2O/c1-7(2,3)5-4-6(10)9-8-5/h4,6,8-10H,1-3H3. The van der Waals surface area contributed by atoms with E-state index >= 15 is 0 Å². The molecule has 0 amide bonds. The molecule has 0 aromatic carbocycles. The van der Waals surface area contributed by atoms with Gasteiger partial charge in [0.25, 0.3) is 0 Å². The highest BCUT2D eigenvalue weighted by atomic mass is 16.3. The quantitative estimate of drug-likeness (QED) is 0.457. The van der Waals surface area contributed by atoms with Gasteiger partial charge in [-0.2, -0.15) is 0 Å². The van der Waals surface area contributed by atoms with Gasteiger partial charge in [-0.1, -0.05) is 20.8 Å². The van der Waals surface area contributed by atoms with Crippen molar-refractivity contribution in [1.29, 1.82) is 0 Å². The second kappa shape index (κ2) is 2.25. The smallest absolute Gasteiger partial charge is 0.142 e. The summed E-state index contributed by atoms with van der Waals surface area (Å²) in [5.74, 6) is 0. The van der Waals surface area contributed by atoms with Crippen LogP contribution < -0.4 is 10.9 Å². The lowest BCUT2D eigenvalue weighted by atomic mass is 9.92. The van der Waals surface area contributed by atoms with Gasteiger partial charge in [0, 0.05) is 11.1 Å². The number of aliphatic hydroxyl groups is 1. The number of rotatable bonds is 0. The molecule has 0 radical (unpaired) electrons. The molecule has 1 aliphatic rings. The summed E-state index contributed by atoms with van der Waals surface area (Å²) in [7, 11) is 0. The largest absolute Gasteiger partial charge is 0.373 e. The van der Waals surface area contributed by atoms with E-state index in [2.05, 4.69) is 31.6 Å². The molecular weight excluding hydrogens is 128 g/mol. The highest BCUT2D eigenvalue weighted by molar-refractivity contribution is 5.13. The molecule has 10 heavy (non-hydrogen) atoms. The number of hydrogen-bond acceptors (Lipinski definition) is 3. The average molecular weight is 142 g/mol. The van der Waals surface area contributed by atoms with Gasteiger partial charge >= 0.3 is 0 Å². The van der Waals surface area contributed by atoms with Crippen molar-refractivity contribution in [3.8, 4) is 0 Å². The van der Waals surface area contributed by atoms with Crippen LogP contribution in [0.15, 0.2) is 11.8 Å². The number of allylic oxidation sites excluding steroid dienone is 1. The van der Waals surface area contributed by atoms with Crippen molar-refractivity contribution in [2.24, 2.45) is 5.41 Å². The van der Waals surface area contributed by atoms with Crippen molar-refractivity contribution in [3.63, 3.8) is 0 Å². The third-order valence-electron chi connectivity index (χ3n) is 1.49. The molecule has 0 spiro atoms. The lowest BCUT2D eigenvalue weighted by Gasteiger charge is -2.19. The third-order valence-corrected chi connectivity index (χ3v) is 1.49. The Morgan fingerprint density at radius 3 is 2.30 bits per heavy atom. The van der Waals surface area contributed by atoms with E-state index in [9.17, 15) is 0 Å². The van der Waals surface area contributed by atoms with Crippen LogP contribution in [0, 0.1) is 5.41 Å². The van der Waals surface area contributed by atoms with Gasteiger partial charge in [-0.3, -0.25) is 0 Å². The molecule has 58 valence electrons. The molecule has 0 fully saturated rings. The Morgan fingerprint density at radius 2 is 2.10 bits per heavy atom. The summed E-state index contributed by atoms with van der Waals surface area (Å²) in [5, 5.41) is 9.01. The fourth-order valence-corrected chi connectivity index (χ4v) is 0.830. The maximum absolute atomic E-state index is 9.01. The van der Waals surface area contributed by atoms with E-state index in [0.717, 1.165) is 5.70 Å². The van der Waals surface area contributed by atoms with Crippen LogP contribution in [0.25, 0.3) is 0 Å². The van der Waals surface area contributed by atoms with E-state index in [0.29, 0.717) is 0 Å². The predicted octanol–water partition coefficient (Wildman–Crippen LogP) is 0.343. The summed E-state index contributed by atoms with van der Waals surface area (Å²) in [6.07, 6.45) is 1.24. The van der Waals surface area contributed by atoms with Crippen LogP contribution >= 0.6 is 0 Å². The van der Waals surface area contributed by atoms with Crippen LogP contribution in [0.4, 0.5) is 0 Å². The highest BCUT2D eigenvalue weighted by Gasteiger charge is 2.22. The maximum Gasteiger partial charge on any atom is 0.142 e. The van der Waals surface area contributed by atoms with Crippen molar-refractivity contribution in [3.05, 3.63) is 11.8 Å². The van der Waals surface area contributed by atoms with Crippen molar-refractivity contribution in [2.75, 3.05) is 0 Å². The molecule has 0 saturated carbocycles. The van der Waals surface area contributed by atoms with Gasteiger partial charge in [0.05, 0.1) is 0 Å². The molecule has 3 N–H and O–H groups in total. The topological polar surface area (TPSA) is 44.3 Å². The fourth-order valence-electron chi connectivity index (χ4n) is 0.830. The minimum atomic E-state index is -0.533. The summed E-state index contributed by atoms with van der Waals surface area (Å²) in [4.78, 5) is 0. The Labute approximate surface area is 61.1 Å². The molecule has 0 bridgehead atoms. The predicted molar refractivity (Wildman–Crippen MR) is 39.8 cm³/mol. The fraction of sp³-hybridized carbons (Fsp3) is 0.714. The van der Waals surface area contributed by atoms with Crippen LogP contribution in [0.5, 0.6) is 0 Å². The molecule has 3 nitrogen and oxygen atoms in total. The zero-order chi connectivity index (χ0) is 7.78. The van der Waals surface area contributed by atoms with Crippen LogP contribution in [0.2, 0.25) is 0 Å². The lowest BCUT2D eigenvalue weighted by molar-refractivity contribution is 0.185. The zero-order valence-electron chi connectivity index (χ0n) is 6.60. The Morgan fingerprint density at radius 1 is 1.50 bits per heavy atom. The number of nitrogens with one attached hydrogen (secondary N) is 2. The summed E-state index contributed by atoms with van der Waals surface area (Å²) in [6, 6.07) is 0. The first-order valence-corrected chi connectivity index (χ1v) is 3.42. The molecule has 1 atom stereocenters. The first-order chi connectivity index (χ1) is 4.50. The number of aliphatic hydroxyl groups excluding tert-OH is 1. The van der Waals surface area contributed by atoms with Gasteiger partial charge in [-0.15, -0.1) is 0 Å². The monoisotopic (exact) mass is 142 g/mol. The zero-order valence-corrected chi connectivity index (χ0v) is 6.60. The van der Waals surface area contributed by atoms with E-state index in [-0.39, 0.29) is 5.41 Å². The van der Waals surface area contributed by atoms with Crippen LogP contribution in [-0.4, -0.2) is 11.3 Å². The van der Waals surface area contributed by atoms with E-state index in [1.165, 1.54) is 0 Å². The highest BCUT2D eigenvalue weighted by Crippen LogP contribution is 2.24. The Bertz CT molecular complexity index is 157. The molecule has 1 unspecified atom stereocenters. The summed E-state index contributed by atoms with van der Waals surface area (Å²) >= 11 is 0. The molecule has 0 aliphatic carbocycles. The van der Waals surface area contributed by atoms with Crippen LogP contribution in [0.1, 0.15) is 20.8 Å². The molecular formula is C7H14N2O. The molecule has 1 heterocycles. The lowest BCUT2D eigenvalue weighted by Crippen LogP contribution is -2.34. The number of hydrazine groups is 1. The second-order valence-corrected chi connectivity index (χ2v) is 3.54. The minimum absolute atomic E-state index is 0.0878. The van der Waals surface area contributed by atoms with E-state index in [4.69, 9.17) is 5.11 Å². The van der Waals surface area contributed by atoms with Gasteiger partial charge in [-0.05, 0) is 6.08 Å². The van der Waals surface area contributed by atoms with Crippen molar-refractivity contribution < 1.29 is 5.11 Å². The second-order valence-electron chi connectivity index (χ2n) is 3.54. The van der Waals surface area contributed by atoms with Crippen molar-refractivity contribution in [1.82, 2.24) is 10.9 Å². The average Bonchev–Trinajstić information content (AvgIpc) is 2.11. The molecule has 3 heteroatoms. The molecule has 1 aliphatic heterocycles. The molecule has 0 aromatic rings.